The van der Waals surface area contributed by atoms with Gasteiger partial charge in [-0.1, -0.05) is 42.5 Å². The van der Waals surface area contributed by atoms with Gasteiger partial charge in [0.15, 0.2) is 6.61 Å². The van der Waals surface area contributed by atoms with Gasteiger partial charge < -0.3 is 14.0 Å². The number of benzene rings is 2. The summed E-state index contributed by atoms with van der Waals surface area (Å²) in [6.07, 6.45) is 2.51. The first-order valence-electron chi connectivity index (χ1n) is 8.60. The van der Waals surface area contributed by atoms with Gasteiger partial charge in [0.05, 0.1) is 12.6 Å². The van der Waals surface area contributed by atoms with Crippen molar-refractivity contribution in [2.45, 2.75) is 19.9 Å². The van der Waals surface area contributed by atoms with Crippen molar-refractivity contribution in [2.24, 2.45) is 0 Å². The van der Waals surface area contributed by atoms with Crippen molar-refractivity contribution in [3.05, 3.63) is 78.0 Å². The molecule has 0 bridgehead atoms. The number of ether oxygens (including phenoxy) is 2. The topological polar surface area (TPSA) is 40.5 Å². The number of hydrogen-bond donors (Lipinski definition) is 0. The van der Waals surface area contributed by atoms with Gasteiger partial charge in [0, 0.05) is 17.6 Å². The maximum absolute atomic E-state index is 11.5. The van der Waals surface area contributed by atoms with E-state index >= 15 is 0 Å². The zero-order valence-corrected chi connectivity index (χ0v) is 15.2. The molecule has 0 saturated heterocycles. The SMILES string of the molecule is C=CCc1ccc2c(cc(C)n2Cc2ccccc2)c1OCC(=O)OC. The average molecular weight is 349 g/mol. The van der Waals surface area contributed by atoms with Crippen LogP contribution >= 0.6 is 0 Å². The Kier molecular flexibility index (Phi) is 5.42. The molecule has 134 valence electrons. The molecular weight excluding hydrogens is 326 g/mol. The number of aromatic nitrogens is 1. The summed E-state index contributed by atoms with van der Waals surface area (Å²) in [6.45, 7) is 6.57. The summed E-state index contributed by atoms with van der Waals surface area (Å²) in [7, 11) is 1.36. The first-order valence-corrected chi connectivity index (χ1v) is 8.60. The van der Waals surface area contributed by atoms with Gasteiger partial charge in [-0.2, -0.15) is 0 Å². The van der Waals surface area contributed by atoms with Crippen LogP contribution in [0, 0.1) is 6.92 Å². The molecule has 3 rings (SSSR count). The van der Waals surface area contributed by atoms with E-state index in [0.717, 1.165) is 34.5 Å². The Morgan fingerprint density at radius 2 is 1.96 bits per heavy atom. The standard InChI is InChI=1S/C22H23NO3/c1-4-8-18-11-12-20-19(22(18)26-15-21(24)25-3)13-16(2)23(20)14-17-9-6-5-7-10-17/h4-7,9-13H,1,8,14-15H2,2-3H3. The number of aryl methyl sites for hydroxylation is 1. The summed E-state index contributed by atoms with van der Waals surface area (Å²) in [5.41, 5.74) is 4.47. The lowest BCUT2D eigenvalue weighted by Gasteiger charge is -2.13. The Labute approximate surface area is 153 Å². The number of fused-ring (bicyclic) bond motifs is 1. The second-order valence-electron chi connectivity index (χ2n) is 6.20. The number of nitrogens with zero attached hydrogens (tertiary/aromatic N) is 1. The van der Waals surface area contributed by atoms with Gasteiger partial charge >= 0.3 is 5.97 Å². The van der Waals surface area contributed by atoms with E-state index in [1.165, 1.54) is 12.7 Å². The van der Waals surface area contributed by atoms with Crippen LogP contribution in [-0.2, 0) is 22.5 Å². The fraction of sp³-hybridized carbons (Fsp3) is 0.227. The van der Waals surface area contributed by atoms with Gasteiger partial charge in [-0.05, 0) is 36.6 Å². The number of carbonyl (C=O) groups is 1. The molecule has 0 N–H and O–H groups in total. The molecule has 0 aliphatic heterocycles. The van der Waals surface area contributed by atoms with Gasteiger partial charge in [-0.25, -0.2) is 4.79 Å². The molecule has 0 radical (unpaired) electrons. The minimum atomic E-state index is -0.396. The normalized spacial score (nSPS) is 10.7. The van der Waals surface area contributed by atoms with E-state index in [9.17, 15) is 4.79 Å². The molecule has 1 aromatic heterocycles. The van der Waals surface area contributed by atoms with E-state index in [2.05, 4.69) is 42.3 Å². The van der Waals surface area contributed by atoms with Crippen LogP contribution in [0.15, 0.2) is 61.2 Å². The predicted octanol–water partition coefficient (Wildman–Crippen LogP) is 4.28. The van der Waals surface area contributed by atoms with Crippen molar-refractivity contribution >= 4 is 16.9 Å². The van der Waals surface area contributed by atoms with Crippen molar-refractivity contribution in [3.8, 4) is 5.75 Å². The molecule has 0 aliphatic rings. The van der Waals surface area contributed by atoms with Crippen molar-refractivity contribution in [1.29, 1.82) is 0 Å². The highest BCUT2D eigenvalue weighted by molar-refractivity contribution is 5.89. The van der Waals surface area contributed by atoms with E-state index in [4.69, 9.17) is 9.47 Å². The molecule has 0 amide bonds. The molecule has 0 spiro atoms. The predicted molar refractivity (Wildman–Crippen MR) is 104 cm³/mol. The Bertz CT molecular complexity index is 925. The third-order valence-corrected chi connectivity index (χ3v) is 4.43. The van der Waals surface area contributed by atoms with E-state index in [-0.39, 0.29) is 6.61 Å². The second kappa shape index (κ2) is 7.91. The maximum atomic E-state index is 11.5. The third-order valence-electron chi connectivity index (χ3n) is 4.43. The highest BCUT2D eigenvalue weighted by atomic mass is 16.6. The lowest BCUT2D eigenvalue weighted by molar-refractivity contribution is -0.142. The summed E-state index contributed by atoms with van der Waals surface area (Å²) in [6, 6.07) is 16.6. The number of rotatable bonds is 7. The molecule has 0 saturated carbocycles. The Morgan fingerprint density at radius 3 is 2.65 bits per heavy atom. The zero-order valence-electron chi connectivity index (χ0n) is 15.2. The minimum Gasteiger partial charge on any atom is -0.481 e. The molecule has 2 aromatic carbocycles. The average Bonchev–Trinajstić information content (AvgIpc) is 2.97. The molecular formula is C22H23NO3. The lowest BCUT2D eigenvalue weighted by atomic mass is 10.1. The van der Waals surface area contributed by atoms with Gasteiger partial charge in [0.2, 0.25) is 0 Å². The van der Waals surface area contributed by atoms with Crippen LogP contribution in [0.1, 0.15) is 16.8 Å². The van der Waals surface area contributed by atoms with E-state index < -0.39 is 5.97 Å². The molecule has 26 heavy (non-hydrogen) atoms. The smallest absolute Gasteiger partial charge is 0.343 e. The molecule has 0 fully saturated rings. The summed E-state index contributed by atoms with van der Waals surface area (Å²) in [5.74, 6) is 0.328. The monoisotopic (exact) mass is 349 g/mol. The number of hydrogen-bond acceptors (Lipinski definition) is 3. The van der Waals surface area contributed by atoms with Crippen LogP contribution in [0.3, 0.4) is 0 Å². The molecule has 3 aromatic rings. The quantitative estimate of drug-likeness (QED) is 0.472. The van der Waals surface area contributed by atoms with Crippen molar-refractivity contribution < 1.29 is 14.3 Å². The number of esters is 1. The van der Waals surface area contributed by atoms with Gasteiger partial charge in [-0.3, -0.25) is 0 Å². The molecule has 0 aliphatic carbocycles. The molecule has 1 heterocycles. The highest BCUT2D eigenvalue weighted by Gasteiger charge is 2.15. The van der Waals surface area contributed by atoms with Crippen LogP contribution in [0.2, 0.25) is 0 Å². The molecule has 4 nitrogen and oxygen atoms in total. The summed E-state index contributed by atoms with van der Waals surface area (Å²) < 4.78 is 12.8. The van der Waals surface area contributed by atoms with Crippen molar-refractivity contribution in [2.75, 3.05) is 13.7 Å². The first kappa shape index (κ1) is 17.8. The van der Waals surface area contributed by atoms with Crippen molar-refractivity contribution in [3.63, 3.8) is 0 Å². The maximum Gasteiger partial charge on any atom is 0.343 e. The summed E-state index contributed by atoms with van der Waals surface area (Å²) in [4.78, 5) is 11.5. The van der Waals surface area contributed by atoms with Crippen LogP contribution < -0.4 is 4.74 Å². The number of carbonyl (C=O) groups excluding carboxylic acids is 1. The van der Waals surface area contributed by atoms with E-state index in [0.29, 0.717) is 6.42 Å². The van der Waals surface area contributed by atoms with Crippen LogP contribution in [-0.4, -0.2) is 24.3 Å². The molecule has 0 atom stereocenters. The van der Waals surface area contributed by atoms with Gasteiger partial charge in [0.25, 0.3) is 0 Å². The van der Waals surface area contributed by atoms with E-state index in [1.807, 2.05) is 30.3 Å². The Balaban J connectivity index is 2.05. The molecule has 0 unspecified atom stereocenters. The van der Waals surface area contributed by atoms with Gasteiger partial charge in [-0.15, -0.1) is 6.58 Å². The third kappa shape index (κ3) is 3.64. The fourth-order valence-electron chi connectivity index (χ4n) is 3.14. The Hall–Kier alpha value is -3.01. The van der Waals surface area contributed by atoms with Crippen LogP contribution in [0.25, 0.3) is 10.9 Å². The molecule has 4 heteroatoms. The van der Waals surface area contributed by atoms with Crippen LogP contribution in [0.5, 0.6) is 5.75 Å². The number of allylic oxidation sites excluding steroid dienone is 1. The summed E-state index contributed by atoms with van der Waals surface area (Å²) in [5, 5.41) is 1.00. The van der Waals surface area contributed by atoms with Gasteiger partial charge in [0.1, 0.15) is 5.75 Å². The first-order chi connectivity index (χ1) is 12.6. The number of methoxy groups -OCH3 is 1. The Morgan fingerprint density at radius 1 is 1.19 bits per heavy atom. The fourth-order valence-corrected chi connectivity index (χ4v) is 3.14. The zero-order chi connectivity index (χ0) is 18.5. The van der Waals surface area contributed by atoms with E-state index in [1.54, 1.807) is 0 Å². The minimum absolute atomic E-state index is 0.108. The summed E-state index contributed by atoms with van der Waals surface area (Å²) >= 11 is 0. The lowest BCUT2D eigenvalue weighted by Crippen LogP contribution is -2.13. The van der Waals surface area contributed by atoms with Crippen LogP contribution in [0.4, 0.5) is 0 Å². The second-order valence-corrected chi connectivity index (χ2v) is 6.20. The van der Waals surface area contributed by atoms with Crippen molar-refractivity contribution in [1.82, 2.24) is 4.57 Å². The largest absolute Gasteiger partial charge is 0.481 e. The highest BCUT2D eigenvalue weighted by Crippen LogP contribution is 2.33.